The Morgan fingerprint density at radius 2 is 1.08 bits per heavy atom. The van der Waals surface area contributed by atoms with E-state index in [0.29, 0.717) is 11.1 Å². The van der Waals surface area contributed by atoms with E-state index in [1.807, 2.05) is 0 Å². The zero-order valence-electron chi connectivity index (χ0n) is 19.7. The Bertz CT molecular complexity index is 1080. The number of aliphatic carboxylic acids is 1. The van der Waals surface area contributed by atoms with Crippen LogP contribution in [0.2, 0.25) is 0 Å². The first-order valence-electron chi connectivity index (χ1n) is 11.2. The van der Waals surface area contributed by atoms with Crippen molar-refractivity contribution in [2.24, 2.45) is 5.73 Å². The number of hydrogen-bond acceptors (Lipinski definition) is 9. The van der Waals surface area contributed by atoms with Crippen LogP contribution in [0.3, 0.4) is 0 Å². The standard InChI is InChI=1S/C24H30N4O7S2/c25-17(11-36)21(31)26-18(9-13-1-5-15(29)6-2-13)22(32)28-20(12-37)23(33)27-19(24(34)35)10-14-3-7-16(30)8-4-14/h1-8,17-20,29-30,36-37H,9-12,25H2,(H,26,31)(H,27,33)(H,28,32)(H,34,35). The van der Waals surface area contributed by atoms with Crippen LogP contribution in [0, 0.1) is 0 Å². The Balaban J connectivity index is 2.13. The molecule has 3 amide bonds. The molecule has 0 aliphatic rings. The molecular weight excluding hydrogens is 520 g/mol. The summed E-state index contributed by atoms with van der Waals surface area (Å²) in [5, 5.41) is 35.9. The van der Waals surface area contributed by atoms with E-state index in [2.05, 4.69) is 41.2 Å². The highest BCUT2D eigenvalue weighted by Gasteiger charge is 2.30. The fourth-order valence-electron chi connectivity index (χ4n) is 3.25. The molecule has 0 aliphatic heterocycles. The number of amides is 3. The lowest BCUT2D eigenvalue weighted by Crippen LogP contribution is -2.58. The summed E-state index contributed by atoms with van der Waals surface area (Å²) in [7, 11) is 0. The molecule has 0 saturated carbocycles. The number of rotatable bonds is 13. The summed E-state index contributed by atoms with van der Waals surface area (Å²) in [6.45, 7) is 0. The third-order valence-corrected chi connectivity index (χ3v) is 6.11. The maximum Gasteiger partial charge on any atom is 0.326 e. The number of hydrogen-bond donors (Lipinski definition) is 9. The Hall–Kier alpha value is -3.42. The lowest BCUT2D eigenvalue weighted by atomic mass is 10.0. The molecule has 0 heterocycles. The quantitative estimate of drug-likeness (QED) is 0.151. The van der Waals surface area contributed by atoms with Crippen molar-refractivity contribution in [3.63, 3.8) is 0 Å². The molecule has 2 rings (SSSR count). The molecule has 0 saturated heterocycles. The molecule has 0 aliphatic carbocycles. The summed E-state index contributed by atoms with van der Waals surface area (Å²) in [5.41, 5.74) is 6.89. The van der Waals surface area contributed by atoms with Gasteiger partial charge in [0.25, 0.3) is 0 Å². The van der Waals surface area contributed by atoms with E-state index < -0.39 is 47.9 Å². The first kappa shape index (κ1) is 29.8. The topological polar surface area (TPSA) is 191 Å². The molecule has 11 nitrogen and oxygen atoms in total. The highest BCUT2D eigenvalue weighted by molar-refractivity contribution is 7.80. The number of carbonyl (C=O) groups excluding carboxylic acids is 3. The van der Waals surface area contributed by atoms with Gasteiger partial charge in [0, 0.05) is 24.3 Å². The molecule has 37 heavy (non-hydrogen) atoms. The number of phenolic OH excluding ortho intramolecular Hbond substituents is 2. The average molecular weight is 551 g/mol. The van der Waals surface area contributed by atoms with Crippen LogP contribution in [0.5, 0.6) is 11.5 Å². The van der Waals surface area contributed by atoms with Gasteiger partial charge in [-0.1, -0.05) is 24.3 Å². The van der Waals surface area contributed by atoms with Crippen molar-refractivity contribution in [2.75, 3.05) is 11.5 Å². The van der Waals surface area contributed by atoms with Crippen molar-refractivity contribution in [1.29, 1.82) is 0 Å². The van der Waals surface area contributed by atoms with Gasteiger partial charge in [-0.2, -0.15) is 25.3 Å². The van der Waals surface area contributed by atoms with Gasteiger partial charge in [0.2, 0.25) is 17.7 Å². The van der Waals surface area contributed by atoms with Crippen molar-refractivity contribution in [2.45, 2.75) is 37.0 Å². The van der Waals surface area contributed by atoms with Crippen molar-refractivity contribution in [1.82, 2.24) is 16.0 Å². The molecular formula is C24H30N4O7S2. The van der Waals surface area contributed by atoms with Gasteiger partial charge in [0.15, 0.2) is 0 Å². The van der Waals surface area contributed by atoms with E-state index in [0.717, 1.165) is 0 Å². The van der Waals surface area contributed by atoms with E-state index in [-0.39, 0.29) is 35.8 Å². The van der Waals surface area contributed by atoms with Gasteiger partial charge in [-0.05, 0) is 35.4 Å². The van der Waals surface area contributed by atoms with E-state index in [1.165, 1.54) is 36.4 Å². The van der Waals surface area contributed by atoms with Crippen molar-refractivity contribution >= 4 is 48.9 Å². The van der Waals surface area contributed by atoms with Crippen LogP contribution in [-0.2, 0) is 32.0 Å². The Morgan fingerprint density at radius 1 is 0.676 bits per heavy atom. The average Bonchev–Trinajstić information content (AvgIpc) is 2.87. The minimum absolute atomic E-state index is 0.0155. The van der Waals surface area contributed by atoms with Crippen molar-refractivity contribution in [3.05, 3.63) is 59.7 Å². The number of aromatic hydroxyl groups is 2. The minimum Gasteiger partial charge on any atom is -0.508 e. The predicted molar refractivity (Wildman–Crippen MR) is 143 cm³/mol. The fraction of sp³-hybridized carbons (Fsp3) is 0.333. The van der Waals surface area contributed by atoms with E-state index in [4.69, 9.17) is 5.73 Å². The molecule has 200 valence electrons. The molecule has 0 fully saturated rings. The second kappa shape index (κ2) is 14.4. The van der Waals surface area contributed by atoms with Crippen molar-refractivity contribution in [3.8, 4) is 11.5 Å². The SMILES string of the molecule is NC(CS)C(=O)NC(Cc1ccc(O)cc1)C(=O)NC(CS)C(=O)NC(Cc1ccc(O)cc1)C(=O)O. The number of phenols is 2. The van der Waals surface area contributed by atoms with E-state index >= 15 is 0 Å². The zero-order valence-corrected chi connectivity index (χ0v) is 21.5. The first-order chi connectivity index (χ1) is 17.5. The molecule has 0 spiro atoms. The number of thiol groups is 2. The zero-order chi connectivity index (χ0) is 27.5. The number of carbonyl (C=O) groups is 4. The third-order valence-electron chi connectivity index (χ3n) is 5.35. The Labute approximate surface area is 224 Å². The summed E-state index contributed by atoms with van der Waals surface area (Å²) in [5.74, 6) is -3.48. The second-order valence-corrected chi connectivity index (χ2v) is 8.96. The summed E-state index contributed by atoms with van der Waals surface area (Å²) in [6, 6.07) is 7.22. The molecule has 0 aromatic heterocycles. The van der Waals surface area contributed by atoms with Crippen LogP contribution in [0.4, 0.5) is 0 Å². The molecule has 2 aromatic rings. The Kier molecular flexibility index (Phi) is 11.6. The van der Waals surface area contributed by atoms with Crippen LogP contribution >= 0.6 is 25.3 Å². The van der Waals surface area contributed by atoms with Crippen LogP contribution < -0.4 is 21.7 Å². The molecule has 0 radical (unpaired) electrons. The fourth-order valence-corrected chi connectivity index (χ4v) is 3.67. The lowest BCUT2D eigenvalue weighted by molar-refractivity contribution is -0.142. The van der Waals surface area contributed by atoms with Gasteiger partial charge in [0.1, 0.15) is 29.6 Å². The summed E-state index contributed by atoms with van der Waals surface area (Å²) >= 11 is 8.10. The molecule has 2 aromatic carbocycles. The smallest absolute Gasteiger partial charge is 0.326 e. The van der Waals surface area contributed by atoms with Crippen LogP contribution in [0.25, 0.3) is 0 Å². The monoisotopic (exact) mass is 550 g/mol. The molecule has 4 unspecified atom stereocenters. The molecule has 4 atom stereocenters. The maximum absolute atomic E-state index is 13.1. The Morgan fingerprint density at radius 3 is 1.51 bits per heavy atom. The lowest BCUT2D eigenvalue weighted by Gasteiger charge is -2.24. The largest absolute Gasteiger partial charge is 0.508 e. The van der Waals surface area contributed by atoms with Gasteiger partial charge in [-0.3, -0.25) is 14.4 Å². The van der Waals surface area contributed by atoms with Gasteiger partial charge in [0.05, 0.1) is 6.04 Å². The summed E-state index contributed by atoms with van der Waals surface area (Å²) in [6.07, 6.45) is -0.0353. The number of nitrogens with one attached hydrogen (secondary N) is 3. The van der Waals surface area contributed by atoms with Gasteiger partial charge >= 0.3 is 5.97 Å². The van der Waals surface area contributed by atoms with Crippen LogP contribution in [-0.4, -0.2) is 74.7 Å². The van der Waals surface area contributed by atoms with Crippen molar-refractivity contribution < 1.29 is 34.5 Å². The third kappa shape index (κ3) is 9.52. The molecule has 0 bridgehead atoms. The maximum atomic E-state index is 13.1. The van der Waals surface area contributed by atoms with Gasteiger partial charge in [-0.15, -0.1) is 0 Å². The van der Waals surface area contributed by atoms with Gasteiger partial charge < -0.3 is 37.0 Å². The van der Waals surface area contributed by atoms with Gasteiger partial charge in [-0.25, -0.2) is 4.79 Å². The second-order valence-electron chi connectivity index (χ2n) is 8.23. The highest BCUT2D eigenvalue weighted by atomic mass is 32.1. The van der Waals surface area contributed by atoms with E-state index in [1.54, 1.807) is 12.1 Å². The number of carboxylic acid groups (broad SMARTS) is 1. The van der Waals surface area contributed by atoms with E-state index in [9.17, 15) is 34.5 Å². The first-order valence-corrected chi connectivity index (χ1v) is 12.5. The van der Waals surface area contributed by atoms with Crippen LogP contribution in [0.1, 0.15) is 11.1 Å². The minimum atomic E-state index is -1.31. The highest BCUT2D eigenvalue weighted by Crippen LogP contribution is 2.13. The number of carboxylic acids is 1. The number of benzene rings is 2. The molecule has 8 N–H and O–H groups in total. The number of nitrogens with two attached hydrogens (primary N) is 1. The normalized spacial score (nSPS) is 14.0. The predicted octanol–water partition coefficient (Wildman–Crippen LogP) is -0.391. The molecule has 13 heteroatoms. The summed E-state index contributed by atoms with van der Waals surface area (Å²) in [4.78, 5) is 50.0. The summed E-state index contributed by atoms with van der Waals surface area (Å²) < 4.78 is 0. The van der Waals surface area contributed by atoms with Crippen LogP contribution in [0.15, 0.2) is 48.5 Å².